The second-order valence-corrected chi connectivity index (χ2v) is 9.60. The van der Waals surface area contributed by atoms with E-state index < -0.39 is 29.1 Å². The Bertz CT molecular complexity index is 1510. The number of esters is 1. The minimum absolute atomic E-state index is 0.0646. The summed E-state index contributed by atoms with van der Waals surface area (Å²) in [7, 11) is 1.28. The lowest BCUT2D eigenvalue weighted by Gasteiger charge is -2.19. The summed E-state index contributed by atoms with van der Waals surface area (Å²) in [5.41, 5.74) is 0.616. The topological polar surface area (TPSA) is 75.0 Å². The summed E-state index contributed by atoms with van der Waals surface area (Å²) < 4.78 is 62.6. The van der Waals surface area contributed by atoms with Gasteiger partial charge in [-0.2, -0.15) is 13.2 Å². The number of rotatable bonds is 6. The first kappa shape index (κ1) is 26.8. The Kier molecular flexibility index (Phi) is 7.22. The summed E-state index contributed by atoms with van der Waals surface area (Å²) in [6.45, 7) is 6.07. The van der Waals surface area contributed by atoms with Crippen LogP contribution in [0.5, 0.6) is 17.2 Å². The van der Waals surface area contributed by atoms with Gasteiger partial charge < -0.3 is 18.6 Å². The number of hydrogen-bond donors (Lipinski definition) is 0. The molecule has 9 heteroatoms. The number of halogens is 3. The van der Waals surface area contributed by atoms with Crippen LogP contribution in [0, 0.1) is 0 Å². The quantitative estimate of drug-likeness (QED) is 0.246. The molecule has 0 spiro atoms. The molecule has 0 saturated carbocycles. The van der Waals surface area contributed by atoms with Crippen molar-refractivity contribution in [3.05, 3.63) is 99.4 Å². The van der Waals surface area contributed by atoms with Crippen molar-refractivity contribution in [3.63, 3.8) is 0 Å². The molecule has 0 fully saturated rings. The second kappa shape index (κ2) is 10.2. The van der Waals surface area contributed by atoms with Crippen molar-refractivity contribution in [1.29, 1.82) is 0 Å². The van der Waals surface area contributed by atoms with E-state index in [1.165, 1.54) is 37.4 Å². The van der Waals surface area contributed by atoms with E-state index in [9.17, 15) is 22.8 Å². The number of fused-ring (bicyclic) bond motifs is 1. The van der Waals surface area contributed by atoms with Crippen LogP contribution >= 0.6 is 0 Å². The van der Waals surface area contributed by atoms with Gasteiger partial charge in [0.2, 0.25) is 11.2 Å². The molecule has 38 heavy (non-hydrogen) atoms. The highest BCUT2D eigenvalue weighted by molar-refractivity contribution is 5.89. The Morgan fingerprint density at radius 1 is 0.895 bits per heavy atom. The Morgan fingerprint density at radius 2 is 1.53 bits per heavy atom. The third kappa shape index (κ3) is 5.82. The van der Waals surface area contributed by atoms with Crippen molar-refractivity contribution in [2.75, 3.05) is 7.11 Å². The van der Waals surface area contributed by atoms with Crippen LogP contribution in [-0.2, 0) is 22.9 Å². The fourth-order valence-corrected chi connectivity index (χ4v) is 3.69. The number of carbonyl (C=O) groups is 1. The molecule has 0 aliphatic heterocycles. The monoisotopic (exact) mass is 526 g/mol. The van der Waals surface area contributed by atoms with Crippen molar-refractivity contribution in [2.24, 2.45) is 0 Å². The molecule has 3 aromatic carbocycles. The van der Waals surface area contributed by atoms with Crippen LogP contribution in [0.1, 0.15) is 48.0 Å². The Labute approximate surface area is 216 Å². The van der Waals surface area contributed by atoms with Crippen LogP contribution in [0.15, 0.2) is 75.9 Å². The van der Waals surface area contributed by atoms with E-state index in [2.05, 4.69) is 4.74 Å². The van der Waals surface area contributed by atoms with Crippen LogP contribution < -0.4 is 14.9 Å². The Hall–Kier alpha value is -4.27. The predicted molar refractivity (Wildman–Crippen MR) is 135 cm³/mol. The molecule has 0 bridgehead atoms. The summed E-state index contributed by atoms with van der Waals surface area (Å²) in [5, 5.41) is -0.0888. The van der Waals surface area contributed by atoms with E-state index in [4.69, 9.17) is 13.9 Å². The molecule has 0 amide bonds. The first-order valence-corrected chi connectivity index (χ1v) is 11.6. The molecule has 0 atom stereocenters. The fraction of sp³-hybridized carbons (Fsp3) is 0.241. The zero-order valence-electron chi connectivity index (χ0n) is 21.1. The predicted octanol–water partition coefficient (Wildman–Crippen LogP) is 7.27. The molecule has 198 valence electrons. The lowest BCUT2D eigenvalue weighted by Crippen LogP contribution is -2.15. The van der Waals surface area contributed by atoms with Gasteiger partial charge in [-0.1, -0.05) is 45.0 Å². The minimum Gasteiger partial charge on any atom is -0.489 e. The molecule has 1 aromatic heterocycles. The summed E-state index contributed by atoms with van der Waals surface area (Å²) in [6.07, 6.45) is -4.98. The Balaban J connectivity index is 1.63. The first-order chi connectivity index (χ1) is 17.9. The number of hydrogen-bond acceptors (Lipinski definition) is 6. The van der Waals surface area contributed by atoms with Gasteiger partial charge in [0, 0.05) is 6.07 Å². The third-order valence-corrected chi connectivity index (χ3v) is 5.80. The Morgan fingerprint density at radius 3 is 2.11 bits per heavy atom. The number of ether oxygens (including phenoxy) is 3. The largest absolute Gasteiger partial charge is 0.489 e. The van der Waals surface area contributed by atoms with Gasteiger partial charge in [0.25, 0.3) is 5.76 Å². The third-order valence-electron chi connectivity index (χ3n) is 5.80. The van der Waals surface area contributed by atoms with E-state index in [0.717, 1.165) is 5.56 Å². The van der Waals surface area contributed by atoms with Gasteiger partial charge in [0.1, 0.15) is 23.7 Å². The van der Waals surface area contributed by atoms with E-state index in [1.54, 1.807) is 36.4 Å². The molecule has 1 heterocycles. The zero-order chi connectivity index (χ0) is 27.7. The van der Waals surface area contributed by atoms with E-state index >= 15 is 0 Å². The molecular weight excluding hydrogens is 501 g/mol. The van der Waals surface area contributed by atoms with Crippen LogP contribution in [-0.4, -0.2) is 13.1 Å². The maximum atomic E-state index is 13.9. The van der Waals surface area contributed by atoms with Crippen LogP contribution in [0.3, 0.4) is 0 Å². The maximum absolute atomic E-state index is 13.9. The molecule has 0 saturated heterocycles. The zero-order valence-corrected chi connectivity index (χ0v) is 21.1. The maximum Gasteiger partial charge on any atom is 0.453 e. The van der Waals surface area contributed by atoms with Gasteiger partial charge in [-0.25, -0.2) is 4.79 Å². The van der Waals surface area contributed by atoms with Gasteiger partial charge in [-0.3, -0.25) is 4.79 Å². The van der Waals surface area contributed by atoms with Crippen LogP contribution in [0.25, 0.3) is 11.0 Å². The summed E-state index contributed by atoms with van der Waals surface area (Å²) in [5.74, 6) is -2.68. The number of methoxy groups -OCH3 is 1. The van der Waals surface area contributed by atoms with Crippen molar-refractivity contribution in [2.45, 2.75) is 39.0 Å². The molecule has 0 N–H and O–H groups in total. The molecule has 4 rings (SSSR count). The van der Waals surface area contributed by atoms with Crippen molar-refractivity contribution < 1.29 is 36.6 Å². The summed E-state index contributed by atoms with van der Waals surface area (Å²) in [4.78, 5) is 24.6. The molecule has 0 radical (unpaired) electrons. The minimum atomic E-state index is -4.98. The van der Waals surface area contributed by atoms with Gasteiger partial charge in [-0.15, -0.1) is 0 Å². The van der Waals surface area contributed by atoms with E-state index in [1.807, 2.05) is 20.8 Å². The smallest absolute Gasteiger partial charge is 0.453 e. The number of benzene rings is 3. The van der Waals surface area contributed by atoms with Crippen molar-refractivity contribution in [1.82, 2.24) is 0 Å². The normalized spacial score (nSPS) is 11.9. The number of carbonyl (C=O) groups excluding carboxylic acids is 1. The molecular formula is C29H25F3O6. The highest BCUT2D eigenvalue weighted by Gasteiger charge is 2.40. The van der Waals surface area contributed by atoms with Crippen molar-refractivity contribution >= 4 is 16.9 Å². The van der Waals surface area contributed by atoms with Crippen molar-refractivity contribution in [3.8, 4) is 17.2 Å². The van der Waals surface area contributed by atoms with E-state index in [0.29, 0.717) is 11.1 Å². The van der Waals surface area contributed by atoms with Gasteiger partial charge >= 0.3 is 12.1 Å². The second-order valence-electron chi connectivity index (χ2n) is 9.60. The molecule has 6 nitrogen and oxygen atoms in total. The molecule has 4 aromatic rings. The highest BCUT2D eigenvalue weighted by Crippen LogP contribution is 2.39. The number of alkyl halides is 3. The first-order valence-electron chi connectivity index (χ1n) is 11.6. The average Bonchev–Trinajstić information content (AvgIpc) is 2.88. The fourth-order valence-electron chi connectivity index (χ4n) is 3.69. The molecule has 0 aliphatic rings. The average molecular weight is 527 g/mol. The SMILES string of the molecule is COC(=O)c1ccc(COc2ccc3c(=O)c(Oc4ccc(C(C)(C)C)cc4)c(C(F)(F)F)oc3c2)cc1. The highest BCUT2D eigenvalue weighted by atomic mass is 19.4. The van der Waals surface area contributed by atoms with Gasteiger partial charge in [-0.05, 0) is 52.9 Å². The summed E-state index contributed by atoms with van der Waals surface area (Å²) >= 11 is 0. The standard InChI is InChI=1S/C29H25F3O6/c1-28(2,3)19-9-11-20(12-10-19)37-25-24(33)22-14-13-21(15-23(22)38-26(25)29(30,31)32)36-16-17-5-7-18(8-6-17)27(34)35-4/h5-15H,16H2,1-4H3. The summed E-state index contributed by atoms with van der Waals surface area (Å²) in [6, 6.07) is 16.9. The molecule has 0 unspecified atom stereocenters. The van der Waals surface area contributed by atoms with E-state index in [-0.39, 0.29) is 34.5 Å². The lowest BCUT2D eigenvalue weighted by atomic mass is 9.87. The van der Waals surface area contributed by atoms with Crippen LogP contribution in [0.4, 0.5) is 13.2 Å². The van der Waals surface area contributed by atoms with Gasteiger partial charge in [0.15, 0.2) is 0 Å². The molecule has 0 aliphatic carbocycles. The van der Waals surface area contributed by atoms with Gasteiger partial charge in [0.05, 0.1) is 18.1 Å². The lowest BCUT2D eigenvalue weighted by molar-refractivity contribution is -0.154. The van der Waals surface area contributed by atoms with Crippen LogP contribution in [0.2, 0.25) is 0 Å².